The molecule has 0 aliphatic heterocycles. The first-order valence-electron chi connectivity index (χ1n) is 8.03. The van der Waals surface area contributed by atoms with E-state index in [1.54, 1.807) is 12.1 Å². The Morgan fingerprint density at radius 3 is 2.25 bits per heavy atom. The van der Waals surface area contributed by atoms with Crippen molar-refractivity contribution in [1.29, 1.82) is 0 Å². The Kier molecular flexibility index (Phi) is 6.90. The van der Waals surface area contributed by atoms with Gasteiger partial charge in [0.25, 0.3) is 0 Å². The summed E-state index contributed by atoms with van der Waals surface area (Å²) in [6.07, 6.45) is 1.14. The normalized spacial score (nSPS) is 13.2. The van der Waals surface area contributed by atoms with Crippen LogP contribution in [0.2, 0.25) is 10.0 Å². The third-order valence-electron chi connectivity index (χ3n) is 4.14. The molecule has 0 amide bonds. The van der Waals surface area contributed by atoms with E-state index < -0.39 is 0 Å². The molecule has 0 bridgehead atoms. The lowest BCUT2D eigenvalue weighted by molar-refractivity contribution is 0.713. The summed E-state index contributed by atoms with van der Waals surface area (Å²) in [5.41, 5.74) is 3.29. The Hall–Kier alpha value is -1.29. The highest BCUT2D eigenvalue weighted by Crippen LogP contribution is 2.26. The number of nitrogens with one attached hydrogen (secondary N) is 2. The van der Waals surface area contributed by atoms with E-state index in [0.29, 0.717) is 21.1 Å². The first-order valence-corrected chi connectivity index (χ1v) is 9.19. The molecule has 0 aromatic heterocycles. The second kappa shape index (κ2) is 8.70. The molecule has 0 spiro atoms. The third kappa shape index (κ3) is 5.10. The van der Waals surface area contributed by atoms with Crippen molar-refractivity contribution in [2.24, 2.45) is 0 Å². The van der Waals surface area contributed by atoms with Gasteiger partial charge in [-0.2, -0.15) is 0 Å². The monoisotopic (exact) mass is 380 g/mol. The Morgan fingerprint density at radius 1 is 1.04 bits per heavy atom. The second-order valence-electron chi connectivity index (χ2n) is 5.92. The summed E-state index contributed by atoms with van der Waals surface area (Å²) in [6.45, 7) is 6.52. The molecule has 0 aliphatic carbocycles. The predicted octanol–water partition coefficient (Wildman–Crippen LogP) is 6.55. The number of anilines is 1. The van der Waals surface area contributed by atoms with E-state index in [-0.39, 0.29) is 6.04 Å². The molecular weight excluding hydrogens is 359 g/mol. The van der Waals surface area contributed by atoms with Crippen LogP contribution in [0, 0.1) is 0 Å². The van der Waals surface area contributed by atoms with Gasteiger partial charge in [-0.15, -0.1) is 0 Å². The van der Waals surface area contributed by atoms with Crippen LogP contribution in [0.5, 0.6) is 0 Å². The zero-order chi connectivity index (χ0) is 17.7. The van der Waals surface area contributed by atoms with Crippen molar-refractivity contribution in [3.63, 3.8) is 0 Å². The molecule has 128 valence electrons. The van der Waals surface area contributed by atoms with Crippen LogP contribution in [0.1, 0.15) is 50.3 Å². The molecule has 2 rings (SSSR count). The summed E-state index contributed by atoms with van der Waals surface area (Å²) in [4.78, 5) is 0. The fourth-order valence-corrected chi connectivity index (χ4v) is 3.12. The Labute approximate surface area is 159 Å². The molecule has 2 atom stereocenters. The lowest BCUT2D eigenvalue weighted by Crippen LogP contribution is -2.31. The lowest BCUT2D eigenvalue weighted by atomic mass is 9.96. The van der Waals surface area contributed by atoms with Gasteiger partial charge >= 0.3 is 0 Å². The molecular formula is C19H22Cl2N2S. The molecule has 0 heterocycles. The van der Waals surface area contributed by atoms with Crippen molar-refractivity contribution in [3.8, 4) is 0 Å². The van der Waals surface area contributed by atoms with Gasteiger partial charge < -0.3 is 10.6 Å². The molecule has 2 aromatic rings. The van der Waals surface area contributed by atoms with E-state index in [1.165, 1.54) is 11.1 Å². The van der Waals surface area contributed by atoms with Gasteiger partial charge in [-0.3, -0.25) is 0 Å². The second-order valence-corrected chi connectivity index (χ2v) is 7.17. The molecule has 0 saturated carbocycles. The van der Waals surface area contributed by atoms with E-state index >= 15 is 0 Å². The number of hydrogen-bond acceptors (Lipinski definition) is 1. The summed E-state index contributed by atoms with van der Waals surface area (Å²) in [7, 11) is 0. The lowest BCUT2D eigenvalue weighted by Gasteiger charge is -2.19. The smallest absolute Gasteiger partial charge is 0.171 e. The van der Waals surface area contributed by atoms with Gasteiger partial charge in [0.05, 0.1) is 16.8 Å². The summed E-state index contributed by atoms with van der Waals surface area (Å²) in [5.74, 6) is 0.581. The van der Waals surface area contributed by atoms with Gasteiger partial charge in [-0.1, -0.05) is 61.3 Å². The van der Waals surface area contributed by atoms with Gasteiger partial charge in [0.1, 0.15) is 0 Å². The molecule has 5 heteroatoms. The molecule has 24 heavy (non-hydrogen) atoms. The van der Waals surface area contributed by atoms with Crippen LogP contribution < -0.4 is 10.6 Å². The first-order chi connectivity index (χ1) is 11.4. The van der Waals surface area contributed by atoms with Crippen LogP contribution in [0.25, 0.3) is 0 Å². The van der Waals surface area contributed by atoms with Crippen molar-refractivity contribution in [2.45, 2.75) is 39.2 Å². The van der Waals surface area contributed by atoms with Crippen molar-refractivity contribution < 1.29 is 0 Å². The topological polar surface area (TPSA) is 24.1 Å². The molecule has 2 aromatic carbocycles. The van der Waals surface area contributed by atoms with Crippen molar-refractivity contribution in [2.75, 3.05) is 5.32 Å². The van der Waals surface area contributed by atoms with Crippen LogP contribution in [0.4, 0.5) is 5.69 Å². The highest BCUT2D eigenvalue weighted by molar-refractivity contribution is 7.80. The van der Waals surface area contributed by atoms with Gasteiger partial charge in [0.2, 0.25) is 0 Å². The molecule has 2 nitrogen and oxygen atoms in total. The number of benzene rings is 2. The molecule has 0 aliphatic rings. The van der Waals surface area contributed by atoms with E-state index in [9.17, 15) is 0 Å². The minimum Gasteiger partial charge on any atom is -0.356 e. The maximum Gasteiger partial charge on any atom is 0.171 e. The predicted molar refractivity (Wildman–Crippen MR) is 109 cm³/mol. The molecule has 2 N–H and O–H groups in total. The van der Waals surface area contributed by atoms with E-state index in [4.69, 9.17) is 35.4 Å². The molecule has 0 fully saturated rings. The standard InChI is InChI=1S/C19H22Cl2N2S/c1-4-12(2)14-5-7-15(8-6-14)13(3)22-19(24)23-18-10-9-16(20)11-17(18)21/h5-13H,4H2,1-3H3,(H2,22,23,24)/t12-,13-/m0/s1. The molecule has 0 saturated heterocycles. The van der Waals surface area contributed by atoms with Crippen LogP contribution in [-0.4, -0.2) is 5.11 Å². The van der Waals surface area contributed by atoms with Gasteiger partial charge in [0.15, 0.2) is 5.11 Å². The number of hydrogen-bond donors (Lipinski definition) is 2. The number of halogens is 2. The fourth-order valence-electron chi connectivity index (χ4n) is 2.38. The number of thiocarbonyl (C=S) groups is 1. The molecule has 0 radical (unpaired) electrons. The summed E-state index contributed by atoms with van der Waals surface area (Å²) in [5, 5.41) is 8.05. The van der Waals surface area contributed by atoms with E-state index in [2.05, 4.69) is 55.7 Å². The van der Waals surface area contributed by atoms with Crippen LogP contribution in [0.15, 0.2) is 42.5 Å². The summed E-state index contributed by atoms with van der Waals surface area (Å²) in [6, 6.07) is 14.0. The molecule has 0 unspecified atom stereocenters. The maximum atomic E-state index is 6.15. The van der Waals surface area contributed by atoms with E-state index in [0.717, 1.165) is 12.1 Å². The van der Waals surface area contributed by atoms with Crippen molar-refractivity contribution in [1.82, 2.24) is 5.32 Å². The van der Waals surface area contributed by atoms with Gasteiger partial charge in [0, 0.05) is 5.02 Å². The average molecular weight is 381 g/mol. The first kappa shape index (κ1) is 19.0. The minimum absolute atomic E-state index is 0.0991. The van der Waals surface area contributed by atoms with Crippen LogP contribution in [0.3, 0.4) is 0 Å². The van der Waals surface area contributed by atoms with Gasteiger partial charge in [-0.25, -0.2) is 0 Å². The SMILES string of the molecule is CC[C@H](C)c1ccc([C@H](C)NC(=S)Nc2ccc(Cl)cc2Cl)cc1. The largest absolute Gasteiger partial charge is 0.356 e. The van der Waals surface area contributed by atoms with E-state index in [1.807, 2.05) is 6.07 Å². The zero-order valence-electron chi connectivity index (χ0n) is 14.1. The third-order valence-corrected chi connectivity index (χ3v) is 4.91. The van der Waals surface area contributed by atoms with Crippen LogP contribution >= 0.6 is 35.4 Å². The Morgan fingerprint density at radius 2 is 1.67 bits per heavy atom. The van der Waals surface area contributed by atoms with Crippen molar-refractivity contribution >= 4 is 46.2 Å². The average Bonchev–Trinajstić information content (AvgIpc) is 2.56. The fraction of sp³-hybridized carbons (Fsp3) is 0.316. The number of rotatable bonds is 5. The Balaban J connectivity index is 1.98. The summed E-state index contributed by atoms with van der Waals surface area (Å²) >= 11 is 17.4. The zero-order valence-corrected chi connectivity index (χ0v) is 16.4. The highest BCUT2D eigenvalue weighted by atomic mass is 35.5. The van der Waals surface area contributed by atoms with Gasteiger partial charge in [-0.05, 0) is 60.8 Å². The highest BCUT2D eigenvalue weighted by Gasteiger charge is 2.10. The van der Waals surface area contributed by atoms with Crippen LogP contribution in [-0.2, 0) is 0 Å². The van der Waals surface area contributed by atoms with Crippen molar-refractivity contribution in [3.05, 3.63) is 63.6 Å². The maximum absolute atomic E-state index is 6.15. The minimum atomic E-state index is 0.0991. The summed E-state index contributed by atoms with van der Waals surface area (Å²) < 4.78 is 0. The Bertz CT molecular complexity index is 701. The quantitative estimate of drug-likeness (QED) is 0.574.